The van der Waals surface area contributed by atoms with Crippen LogP contribution in [0.5, 0.6) is 5.75 Å². The van der Waals surface area contributed by atoms with Gasteiger partial charge in [0.1, 0.15) is 35.4 Å². The minimum absolute atomic E-state index is 0.00106. The van der Waals surface area contributed by atoms with Gasteiger partial charge in [-0.3, -0.25) is 4.79 Å². The summed E-state index contributed by atoms with van der Waals surface area (Å²) in [7, 11) is 1.66. The molecule has 5 nitrogen and oxygen atoms in total. The van der Waals surface area contributed by atoms with E-state index in [1.165, 1.54) is 6.42 Å². The molecule has 0 spiro atoms. The summed E-state index contributed by atoms with van der Waals surface area (Å²) in [5.41, 5.74) is 2.95. The lowest BCUT2D eigenvalue weighted by molar-refractivity contribution is -0.150. The van der Waals surface area contributed by atoms with Crippen LogP contribution in [0.1, 0.15) is 67.6 Å². The van der Waals surface area contributed by atoms with E-state index in [9.17, 15) is 4.79 Å². The minimum Gasteiger partial charge on any atom is -0.497 e. The lowest BCUT2D eigenvalue weighted by Crippen LogP contribution is -2.21. The van der Waals surface area contributed by atoms with Crippen molar-refractivity contribution in [3.63, 3.8) is 0 Å². The number of epoxide rings is 1. The maximum atomic E-state index is 12.5. The zero-order chi connectivity index (χ0) is 21.2. The van der Waals surface area contributed by atoms with Gasteiger partial charge in [0.15, 0.2) is 0 Å². The molecule has 0 amide bonds. The van der Waals surface area contributed by atoms with Crippen molar-refractivity contribution in [2.75, 3.05) is 7.11 Å². The molecule has 2 aromatic carbocycles. The molecule has 3 aromatic rings. The van der Waals surface area contributed by atoms with E-state index < -0.39 is 0 Å². The van der Waals surface area contributed by atoms with Gasteiger partial charge < -0.3 is 18.6 Å². The van der Waals surface area contributed by atoms with Gasteiger partial charge >= 0.3 is 5.97 Å². The van der Waals surface area contributed by atoms with Crippen molar-refractivity contribution in [1.82, 2.24) is 0 Å². The summed E-state index contributed by atoms with van der Waals surface area (Å²) in [6, 6.07) is 16.0. The summed E-state index contributed by atoms with van der Waals surface area (Å²) in [5, 5.41) is 0.985. The van der Waals surface area contributed by atoms with Gasteiger partial charge in [0.2, 0.25) is 0 Å². The number of ether oxygens (including phenoxy) is 3. The van der Waals surface area contributed by atoms with E-state index in [0.717, 1.165) is 59.3 Å². The number of aryl methyl sites for hydroxylation is 1. The first-order valence-corrected chi connectivity index (χ1v) is 11.2. The van der Waals surface area contributed by atoms with Gasteiger partial charge in [-0.2, -0.15) is 0 Å². The van der Waals surface area contributed by atoms with E-state index in [1.807, 2.05) is 36.4 Å². The first-order chi connectivity index (χ1) is 15.2. The molecule has 1 saturated heterocycles. The quantitative estimate of drug-likeness (QED) is 0.343. The summed E-state index contributed by atoms with van der Waals surface area (Å²) >= 11 is 0. The van der Waals surface area contributed by atoms with Gasteiger partial charge in [-0.05, 0) is 49.4 Å². The highest BCUT2D eigenvalue weighted by Crippen LogP contribution is 2.54. The third kappa shape index (κ3) is 4.33. The predicted molar refractivity (Wildman–Crippen MR) is 117 cm³/mol. The number of furan rings is 1. The molecule has 2 atom stereocenters. The van der Waals surface area contributed by atoms with Crippen molar-refractivity contribution in [3.05, 3.63) is 65.4 Å². The van der Waals surface area contributed by atoms with E-state index in [-0.39, 0.29) is 24.3 Å². The molecule has 2 aliphatic rings. The molecular formula is C26H28O5. The van der Waals surface area contributed by atoms with Crippen LogP contribution >= 0.6 is 0 Å². The molecule has 5 heteroatoms. The molecule has 1 aliphatic heterocycles. The highest BCUT2D eigenvalue weighted by Gasteiger charge is 2.45. The second-order valence-electron chi connectivity index (χ2n) is 8.44. The number of carbonyl (C=O) groups excluding carboxylic acids is 1. The lowest BCUT2D eigenvalue weighted by Gasteiger charge is -2.21. The van der Waals surface area contributed by atoms with Crippen molar-refractivity contribution in [3.8, 4) is 5.75 Å². The summed E-state index contributed by atoms with van der Waals surface area (Å²) in [5.74, 6) is 1.43. The van der Waals surface area contributed by atoms with Crippen LogP contribution in [-0.2, 0) is 20.7 Å². The number of carbonyl (C=O) groups is 1. The molecule has 2 unspecified atom stereocenters. The number of hydrogen-bond donors (Lipinski definition) is 0. The van der Waals surface area contributed by atoms with E-state index >= 15 is 0 Å². The number of methoxy groups -OCH3 is 1. The highest BCUT2D eigenvalue weighted by atomic mass is 16.6. The van der Waals surface area contributed by atoms with Gasteiger partial charge in [-0.25, -0.2) is 0 Å². The standard InChI is InChI=1S/C26H28O5/c1-28-19-12-13-21-20(16-19)24(26-25(31-26)17-8-4-2-5-9-17)22(30-21)14-15-23(27)29-18-10-6-3-7-11-18/h2,4-5,8-9,12-13,16,18,25-26H,3,6-7,10-11,14-15H2,1H3. The molecule has 2 heterocycles. The number of fused-ring (bicyclic) bond motifs is 1. The fourth-order valence-electron chi connectivity index (χ4n) is 4.64. The molecule has 1 aliphatic carbocycles. The Labute approximate surface area is 182 Å². The highest BCUT2D eigenvalue weighted by molar-refractivity contribution is 5.85. The van der Waals surface area contributed by atoms with Gasteiger partial charge in [-0.15, -0.1) is 0 Å². The van der Waals surface area contributed by atoms with E-state index in [2.05, 4.69) is 12.1 Å². The Morgan fingerprint density at radius 2 is 1.84 bits per heavy atom. The van der Waals surface area contributed by atoms with Crippen molar-refractivity contribution in [2.45, 2.75) is 63.3 Å². The molecule has 162 valence electrons. The second kappa shape index (κ2) is 8.75. The molecule has 1 saturated carbocycles. The number of rotatable bonds is 7. The fraction of sp³-hybridized carbons (Fsp3) is 0.423. The molecule has 31 heavy (non-hydrogen) atoms. The van der Waals surface area contributed by atoms with Crippen LogP contribution in [-0.4, -0.2) is 19.2 Å². The average molecular weight is 421 g/mol. The molecule has 1 aromatic heterocycles. The van der Waals surface area contributed by atoms with Crippen LogP contribution in [0.3, 0.4) is 0 Å². The Hall–Kier alpha value is -2.79. The number of hydrogen-bond acceptors (Lipinski definition) is 5. The Morgan fingerprint density at radius 3 is 2.61 bits per heavy atom. The fourth-order valence-corrected chi connectivity index (χ4v) is 4.64. The van der Waals surface area contributed by atoms with Crippen LogP contribution in [0.25, 0.3) is 11.0 Å². The first-order valence-electron chi connectivity index (χ1n) is 11.2. The van der Waals surface area contributed by atoms with Crippen LogP contribution in [0, 0.1) is 0 Å². The zero-order valence-corrected chi connectivity index (χ0v) is 17.8. The van der Waals surface area contributed by atoms with Crippen LogP contribution in [0.15, 0.2) is 52.9 Å². The second-order valence-corrected chi connectivity index (χ2v) is 8.44. The number of benzene rings is 2. The average Bonchev–Trinajstić information content (AvgIpc) is 3.52. The first kappa shape index (κ1) is 20.1. The lowest BCUT2D eigenvalue weighted by atomic mass is 9.98. The van der Waals surface area contributed by atoms with Gasteiger partial charge in [0.05, 0.1) is 13.5 Å². The summed E-state index contributed by atoms with van der Waals surface area (Å²) in [6.45, 7) is 0. The van der Waals surface area contributed by atoms with E-state index in [0.29, 0.717) is 12.8 Å². The van der Waals surface area contributed by atoms with Crippen molar-refractivity contribution >= 4 is 16.9 Å². The van der Waals surface area contributed by atoms with E-state index in [1.54, 1.807) is 7.11 Å². The van der Waals surface area contributed by atoms with Crippen LogP contribution < -0.4 is 4.74 Å². The molecule has 2 fully saturated rings. The van der Waals surface area contributed by atoms with Gasteiger partial charge in [0.25, 0.3) is 0 Å². The minimum atomic E-state index is -0.146. The van der Waals surface area contributed by atoms with Crippen LogP contribution in [0.2, 0.25) is 0 Å². The normalized spacial score (nSPS) is 21.2. The van der Waals surface area contributed by atoms with E-state index in [4.69, 9.17) is 18.6 Å². The monoisotopic (exact) mass is 420 g/mol. The molecule has 0 radical (unpaired) electrons. The maximum Gasteiger partial charge on any atom is 0.306 e. The maximum absolute atomic E-state index is 12.5. The number of esters is 1. The molecule has 0 bridgehead atoms. The third-order valence-corrected chi connectivity index (χ3v) is 6.32. The van der Waals surface area contributed by atoms with Crippen molar-refractivity contribution in [1.29, 1.82) is 0 Å². The summed E-state index contributed by atoms with van der Waals surface area (Å²) < 4.78 is 23.4. The molecular weight excluding hydrogens is 392 g/mol. The Balaban J connectivity index is 1.37. The van der Waals surface area contributed by atoms with Gasteiger partial charge in [-0.1, -0.05) is 36.8 Å². The topological polar surface area (TPSA) is 61.2 Å². The SMILES string of the molecule is COc1ccc2oc(CCC(=O)OC3CCCCC3)c(C3OC3c3ccccc3)c2c1. The Kier molecular flexibility index (Phi) is 5.68. The Bertz CT molecular complexity index is 1050. The third-order valence-electron chi connectivity index (χ3n) is 6.32. The van der Waals surface area contributed by atoms with Gasteiger partial charge in [0, 0.05) is 17.4 Å². The molecule has 5 rings (SSSR count). The smallest absolute Gasteiger partial charge is 0.306 e. The molecule has 0 N–H and O–H groups in total. The van der Waals surface area contributed by atoms with Crippen molar-refractivity contribution < 1.29 is 23.4 Å². The summed E-state index contributed by atoms with van der Waals surface area (Å²) in [6.07, 6.45) is 6.30. The summed E-state index contributed by atoms with van der Waals surface area (Å²) in [4.78, 5) is 12.5. The zero-order valence-electron chi connectivity index (χ0n) is 17.8. The Morgan fingerprint density at radius 1 is 1.03 bits per heavy atom. The largest absolute Gasteiger partial charge is 0.497 e. The van der Waals surface area contributed by atoms with Crippen molar-refractivity contribution in [2.24, 2.45) is 0 Å². The predicted octanol–water partition coefficient (Wildman–Crippen LogP) is 6.06. The van der Waals surface area contributed by atoms with Crippen LogP contribution in [0.4, 0.5) is 0 Å².